The molecule has 0 amide bonds. The summed E-state index contributed by atoms with van der Waals surface area (Å²) in [5.74, 6) is 0. The first-order valence-corrected chi connectivity index (χ1v) is 6.48. The highest BCUT2D eigenvalue weighted by Gasteiger charge is 2.09. The van der Waals surface area contributed by atoms with Crippen LogP contribution >= 0.6 is 0 Å². The number of hydrogen-bond donors (Lipinski definition) is 1. The van der Waals surface area contributed by atoms with Crippen molar-refractivity contribution in [1.29, 1.82) is 0 Å². The number of hydrogen-bond acceptors (Lipinski definition) is 2. The SMILES string of the molecule is CCNC(CC)Cc1ccn(C(C)CC)n1. The maximum absolute atomic E-state index is 4.63. The third kappa shape index (κ3) is 3.63. The van der Waals surface area contributed by atoms with Gasteiger partial charge in [0.05, 0.1) is 5.69 Å². The van der Waals surface area contributed by atoms with Gasteiger partial charge in [0, 0.05) is 24.7 Å². The second kappa shape index (κ2) is 6.69. The molecule has 1 aromatic heterocycles. The Morgan fingerprint density at radius 3 is 2.62 bits per heavy atom. The predicted molar refractivity (Wildman–Crippen MR) is 68.7 cm³/mol. The first-order chi connectivity index (χ1) is 7.71. The topological polar surface area (TPSA) is 29.9 Å². The minimum atomic E-state index is 0.507. The van der Waals surface area contributed by atoms with E-state index in [1.54, 1.807) is 0 Å². The fourth-order valence-electron chi connectivity index (χ4n) is 1.82. The predicted octanol–water partition coefficient (Wildman–Crippen LogP) is 2.78. The van der Waals surface area contributed by atoms with E-state index in [0.717, 1.165) is 25.8 Å². The van der Waals surface area contributed by atoms with Gasteiger partial charge < -0.3 is 5.32 Å². The van der Waals surface area contributed by atoms with Crippen LogP contribution in [0, 0.1) is 0 Å². The molecule has 1 heterocycles. The minimum absolute atomic E-state index is 0.507. The lowest BCUT2D eigenvalue weighted by atomic mass is 10.1. The van der Waals surface area contributed by atoms with Crippen LogP contribution in [0.5, 0.6) is 0 Å². The van der Waals surface area contributed by atoms with E-state index in [9.17, 15) is 0 Å². The zero-order valence-corrected chi connectivity index (χ0v) is 11.0. The molecule has 0 spiro atoms. The van der Waals surface area contributed by atoms with Gasteiger partial charge in [0.25, 0.3) is 0 Å². The van der Waals surface area contributed by atoms with Crippen molar-refractivity contribution in [1.82, 2.24) is 15.1 Å². The quantitative estimate of drug-likeness (QED) is 0.770. The highest BCUT2D eigenvalue weighted by atomic mass is 15.3. The molecular formula is C13H25N3. The average Bonchev–Trinajstić information content (AvgIpc) is 2.76. The van der Waals surface area contributed by atoms with Crippen molar-refractivity contribution in [3.05, 3.63) is 18.0 Å². The van der Waals surface area contributed by atoms with Gasteiger partial charge in [0.2, 0.25) is 0 Å². The van der Waals surface area contributed by atoms with Crippen LogP contribution in [-0.2, 0) is 6.42 Å². The smallest absolute Gasteiger partial charge is 0.0640 e. The number of aromatic nitrogens is 2. The summed E-state index contributed by atoms with van der Waals surface area (Å²) < 4.78 is 2.08. The van der Waals surface area contributed by atoms with Crippen LogP contribution in [0.15, 0.2) is 12.3 Å². The van der Waals surface area contributed by atoms with E-state index in [1.807, 2.05) is 0 Å². The van der Waals surface area contributed by atoms with Crippen molar-refractivity contribution >= 4 is 0 Å². The molecule has 1 N–H and O–H groups in total. The van der Waals surface area contributed by atoms with Crippen molar-refractivity contribution < 1.29 is 0 Å². The number of likely N-dealkylation sites (N-methyl/N-ethyl adjacent to an activating group) is 1. The molecule has 2 atom stereocenters. The number of nitrogens with zero attached hydrogens (tertiary/aromatic N) is 2. The van der Waals surface area contributed by atoms with E-state index in [4.69, 9.17) is 0 Å². The summed E-state index contributed by atoms with van der Waals surface area (Å²) in [6.45, 7) is 9.81. The third-order valence-electron chi connectivity index (χ3n) is 3.15. The summed E-state index contributed by atoms with van der Waals surface area (Å²) in [4.78, 5) is 0. The van der Waals surface area contributed by atoms with Crippen LogP contribution < -0.4 is 5.32 Å². The molecule has 1 aromatic rings. The molecule has 0 aliphatic carbocycles. The van der Waals surface area contributed by atoms with Gasteiger partial charge in [-0.3, -0.25) is 4.68 Å². The van der Waals surface area contributed by atoms with Crippen molar-refractivity contribution in [2.75, 3.05) is 6.54 Å². The zero-order chi connectivity index (χ0) is 12.0. The highest BCUT2D eigenvalue weighted by molar-refractivity contribution is 5.02. The lowest BCUT2D eigenvalue weighted by molar-refractivity contribution is 0.462. The molecule has 3 heteroatoms. The van der Waals surface area contributed by atoms with Crippen molar-refractivity contribution in [3.63, 3.8) is 0 Å². The van der Waals surface area contributed by atoms with E-state index >= 15 is 0 Å². The molecule has 0 aliphatic heterocycles. The molecular weight excluding hydrogens is 198 g/mol. The van der Waals surface area contributed by atoms with Gasteiger partial charge in [-0.05, 0) is 32.4 Å². The van der Waals surface area contributed by atoms with Gasteiger partial charge in [-0.1, -0.05) is 20.8 Å². The Kier molecular flexibility index (Phi) is 5.53. The summed E-state index contributed by atoms with van der Waals surface area (Å²) in [5.41, 5.74) is 1.20. The van der Waals surface area contributed by atoms with Gasteiger partial charge in [-0.15, -0.1) is 0 Å². The van der Waals surface area contributed by atoms with Crippen LogP contribution in [0.4, 0.5) is 0 Å². The molecule has 0 aliphatic rings. The molecule has 0 fully saturated rings. The van der Waals surface area contributed by atoms with E-state index in [0.29, 0.717) is 12.1 Å². The first-order valence-electron chi connectivity index (χ1n) is 6.48. The molecule has 0 bridgehead atoms. The van der Waals surface area contributed by atoms with Crippen LogP contribution in [0.3, 0.4) is 0 Å². The Morgan fingerprint density at radius 2 is 2.06 bits per heavy atom. The summed E-state index contributed by atoms with van der Waals surface area (Å²) in [7, 11) is 0. The van der Waals surface area contributed by atoms with Crippen LogP contribution in [0.25, 0.3) is 0 Å². The Hall–Kier alpha value is -0.830. The highest BCUT2D eigenvalue weighted by Crippen LogP contribution is 2.10. The van der Waals surface area contributed by atoms with E-state index in [2.05, 4.69) is 55.1 Å². The summed E-state index contributed by atoms with van der Waals surface area (Å²) in [5, 5.41) is 8.11. The Labute approximate surface area is 99.2 Å². The monoisotopic (exact) mass is 223 g/mol. The summed E-state index contributed by atoms with van der Waals surface area (Å²) >= 11 is 0. The van der Waals surface area contributed by atoms with Crippen LogP contribution in [0.2, 0.25) is 0 Å². The second-order valence-electron chi connectivity index (χ2n) is 4.41. The fraction of sp³-hybridized carbons (Fsp3) is 0.769. The van der Waals surface area contributed by atoms with Crippen molar-refractivity contribution in [2.45, 2.75) is 59.0 Å². The number of rotatable bonds is 7. The molecule has 0 saturated heterocycles. The molecule has 92 valence electrons. The molecule has 1 rings (SSSR count). The maximum Gasteiger partial charge on any atom is 0.0640 e. The Bertz CT molecular complexity index is 293. The normalized spacial score (nSPS) is 15.0. The van der Waals surface area contributed by atoms with Crippen LogP contribution in [-0.4, -0.2) is 22.4 Å². The molecule has 0 saturated carbocycles. The van der Waals surface area contributed by atoms with Gasteiger partial charge >= 0.3 is 0 Å². The first kappa shape index (κ1) is 13.2. The second-order valence-corrected chi connectivity index (χ2v) is 4.41. The van der Waals surface area contributed by atoms with Gasteiger partial charge in [-0.25, -0.2) is 0 Å². The minimum Gasteiger partial charge on any atom is -0.314 e. The Morgan fingerprint density at radius 1 is 1.31 bits per heavy atom. The fourth-order valence-corrected chi connectivity index (χ4v) is 1.82. The molecule has 3 nitrogen and oxygen atoms in total. The standard InChI is InChI=1S/C13H25N3/c1-5-11(4)16-9-8-13(15-16)10-12(6-2)14-7-3/h8-9,11-12,14H,5-7,10H2,1-4H3. The average molecular weight is 223 g/mol. The van der Waals surface area contributed by atoms with Crippen molar-refractivity contribution in [2.24, 2.45) is 0 Å². The number of nitrogens with one attached hydrogen (secondary N) is 1. The van der Waals surface area contributed by atoms with Gasteiger partial charge in [0.15, 0.2) is 0 Å². The maximum atomic E-state index is 4.63. The third-order valence-corrected chi connectivity index (χ3v) is 3.15. The molecule has 2 unspecified atom stereocenters. The summed E-state index contributed by atoms with van der Waals surface area (Å²) in [6, 6.07) is 3.21. The lowest BCUT2D eigenvalue weighted by Gasteiger charge is -2.14. The molecule has 0 aromatic carbocycles. The van der Waals surface area contributed by atoms with Crippen LogP contribution in [0.1, 0.15) is 52.3 Å². The van der Waals surface area contributed by atoms with E-state index in [1.165, 1.54) is 5.69 Å². The van der Waals surface area contributed by atoms with E-state index < -0.39 is 0 Å². The largest absolute Gasteiger partial charge is 0.314 e. The van der Waals surface area contributed by atoms with Gasteiger partial charge in [0.1, 0.15) is 0 Å². The lowest BCUT2D eigenvalue weighted by Crippen LogP contribution is -2.30. The molecule has 0 radical (unpaired) electrons. The zero-order valence-electron chi connectivity index (χ0n) is 11.0. The summed E-state index contributed by atoms with van der Waals surface area (Å²) in [6.07, 6.45) is 5.42. The van der Waals surface area contributed by atoms with E-state index in [-0.39, 0.29) is 0 Å². The van der Waals surface area contributed by atoms with Gasteiger partial charge in [-0.2, -0.15) is 5.10 Å². The molecule has 16 heavy (non-hydrogen) atoms. The Balaban J connectivity index is 2.56. The van der Waals surface area contributed by atoms with Crippen molar-refractivity contribution in [3.8, 4) is 0 Å².